The average Bonchev–Trinajstić information content (AvgIpc) is 3.67. The van der Waals surface area contributed by atoms with Gasteiger partial charge in [-0.25, -0.2) is 0 Å². The number of β-amino-alcohol motifs (C(OH)–C–C–N with tert-alkyl or cyclic N) is 1. The molecule has 1 aromatic carbocycles. The van der Waals surface area contributed by atoms with Crippen LogP contribution in [0.2, 0.25) is 0 Å². The Labute approximate surface area is 228 Å². The lowest BCUT2D eigenvalue weighted by Crippen LogP contribution is -2.34. The van der Waals surface area contributed by atoms with Crippen molar-refractivity contribution in [2.45, 2.75) is 44.0 Å². The zero-order valence-corrected chi connectivity index (χ0v) is 22.6. The van der Waals surface area contributed by atoms with E-state index in [1.54, 1.807) is 25.1 Å². The molecule has 3 saturated heterocycles. The number of aliphatic hydroxyl groups is 1. The van der Waals surface area contributed by atoms with Crippen LogP contribution in [0.15, 0.2) is 34.9 Å². The Balaban J connectivity index is 1.34. The molecule has 0 aliphatic carbocycles. The molecule has 3 N–H and O–H groups in total. The van der Waals surface area contributed by atoms with Crippen molar-refractivity contribution in [2.24, 2.45) is 0 Å². The lowest BCUT2D eigenvalue weighted by molar-refractivity contribution is -0.127. The van der Waals surface area contributed by atoms with E-state index in [0.29, 0.717) is 42.3 Å². The first-order chi connectivity index (χ1) is 18.4. The molecular weight excluding hydrogens is 504 g/mol. The summed E-state index contributed by atoms with van der Waals surface area (Å²) < 4.78 is 0. The Morgan fingerprint density at radius 3 is 2.71 bits per heavy atom. The fourth-order valence-electron chi connectivity index (χ4n) is 5.01. The molecule has 2 atom stereocenters. The lowest BCUT2D eigenvalue weighted by Gasteiger charge is -2.19. The number of anilines is 1. The molecule has 10 nitrogen and oxygen atoms in total. The highest BCUT2D eigenvalue weighted by Crippen LogP contribution is 2.38. The fraction of sp³-hybridized carbons (Fsp3) is 0.556. The van der Waals surface area contributed by atoms with Crippen LogP contribution in [0.5, 0.6) is 0 Å². The van der Waals surface area contributed by atoms with Gasteiger partial charge in [-0.1, -0.05) is 17.8 Å². The van der Waals surface area contributed by atoms with Crippen molar-refractivity contribution in [1.82, 2.24) is 20.0 Å². The first kappa shape index (κ1) is 28.0. The van der Waals surface area contributed by atoms with Gasteiger partial charge in [-0.2, -0.15) is 5.26 Å². The molecule has 0 radical (unpaired) electrons. The molecule has 1 aromatic rings. The van der Waals surface area contributed by atoms with Crippen molar-refractivity contribution in [3.63, 3.8) is 0 Å². The fourth-order valence-corrected chi connectivity index (χ4v) is 6.27. The van der Waals surface area contributed by atoms with Crippen molar-refractivity contribution in [3.05, 3.63) is 40.4 Å². The standard InChI is InChI=1S/C27H36N6O4S/c1-2-33-26(37)23(38-27(33)22(16-28)25(36)32-14-9-21(34)18-32)17-30-20-8-5-7-19(15-20)24(35)29-10-6-13-31-11-3-4-12-31/h5,7-8,15,21,23,30,34H,2-4,6,9-14,17-18H2,1H3,(H,29,35)/b27-22-. The van der Waals surface area contributed by atoms with Crippen LogP contribution < -0.4 is 10.6 Å². The van der Waals surface area contributed by atoms with E-state index in [9.17, 15) is 24.8 Å². The summed E-state index contributed by atoms with van der Waals surface area (Å²) in [4.78, 5) is 44.0. The number of hydrogen-bond acceptors (Lipinski definition) is 8. The second-order valence-corrected chi connectivity index (χ2v) is 11.0. The Bertz CT molecular complexity index is 1110. The molecular formula is C27H36N6O4S. The van der Waals surface area contributed by atoms with E-state index in [2.05, 4.69) is 15.5 Å². The number of nitrogens with zero attached hydrogens (tertiary/aromatic N) is 4. The maximum absolute atomic E-state index is 13.1. The number of benzene rings is 1. The summed E-state index contributed by atoms with van der Waals surface area (Å²) in [5.41, 5.74) is 1.19. The van der Waals surface area contributed by atoms with Crippen LogP contribution in [0.4, 0.5) is 5.69 Å². The molecule has 0 spiro atoms. The van der Waals surface area contributed by atoms with Crippen LogP contribution >= 0.6 is 11.8 Å². The van der Waals surface area contributed by atoms with Crippen molar-refractivity contribution in [1.29, 1.82) is 5.26 Å². The lowest BCUT2D eigenvalue weighted by atomic mass is 10.2. The van der Waals surface area contributed by atoms with Gasteiger partial charge in [0.05, 0.1) is 6.10 Å². The van der Waals surface area contributed by atoms with Crippen molar-refractivity contribution in [3.8, 4) is 6.07 Å². The summed E-state index contributed by atoms with van der Waals surface area (Å²) in [5.74, 6) is -0.757. The van der Waals surface area contributed by atoms with Gasteiger partial charge < -0.3 is 30.4 Å². The first-order valence-corrected chi connectivity index (χ1v) is 14.2. The molecule has 11 heteroatoms. The highest BCUT2D eigenvalue weighted by atomic mass is 32.2. The normalized spacial score (nSPS) is 23.0. The van der Waals surface area contributed by atoms with E-state index in [-0.39, 0.29) is 30.5 Å². The number of nitrogens with one attached hydrogen (secondary N) is 2. The molecule has 3 heterocycles. The van der Waals surface area contributed by atoms with Crippen LogP contribution in [0.3, 0.4) is 0 Å². The van der Waals surface area contributed by atoms with Crippen LogP contribution in [0.25, 0.3) is 0 Å². The highest BCUT2D eigenvalue weighted by Gasteiger charge is 2.40. The summed E-state index contributed by atoms with van der Waals surface area (Å²) in [6.45, 7) is 6.91. The Hall–Kier alpha value is -3.07. The molecule has 204 valence electrons. The van der Waals surface area contributed by atoms with Gasteiger partial charge in [0.25, 0.3) is 11.8 Å². The van der Waals surface area contributed by atoms with Gasteiger partial charge >= 0.3 is 0 Å². The summed E-state index contributed by atoms with van der Waals surface area (Å²) >= 11 is 1.20. The molecule has 4 rings (SSSR count). The predicted molar refractivity (Wildman–Crippen MR) is 146 cm³/mol. The van der Waals surface area contributed by atoms with Crippen LogP contribution in [0, 0.1) is 11.3 Å². The monoisotopic (exact) mass is 540 g/mol. The number of aliphatic hydroxyl groups excluding tert-OH is 1. The molecule has 3 fully saturated rings. The van der Waals surface area contributed by atoms with Gasteiger partial charge in [0.15, 0.2) is 0 Å². The minimum Gasteiger partial charge on any atom is -0.391 e. The van der Waals surface area contributed by atoms with Gasteiger partial charge in [0.2, 0.25) is 5.91 Å². The van der Waals surface area contributed by atoms with E-state index in [4.69, 9.17) is 0 Å². The Kier molecular flexibility index (Phi) is 9.66. The third-order valence-electron chi connectivity index (χ3n) is 7.10. The maximum Gasteiger partial charge on any atom is 0.267 e. The van der Waals surface area contributed by atoms with E-state index < -0.39 is 17.3 Å². The molecule has 38 heavy (non-hydrogen) atoms. The number of carbonyl (C=O) groups excluding carboxylic acids is 3. The quantitative estimate of drug-likeness (QED) is 0.232. The molecule has 0 aromatic heterocycles. The van der Waals surface area contributed by atoms with Gasteiger partial charge in [-0.05, 0) is 70.4 Å². The van der Waals surface area contributed by atoms with E-state index >= 15 is 0 Å². The summed E-state index contributed by atoms with van der Waals surface area (Å²) in [7, 11) is 0. The molecule has 3 amide bonds. The Morgan fingerprint density at radius 1 is 1.24 bits per heavy atom. The van der Waals surface area contributed by atoms with Crippen molar-refractivity contribution < 1.29 is 19.5 Å². The minimum atomic E-state index is -0.589. The molecule has 3 aliphatic heterocycles. The number of likely N-dealkylation sites (tertiary alicyclic amines) is 2. The minimum absolute atomic E-state index is 0.0646. The van der Waals surface area contributed by atoms with Gasteiger partial charge in [0.1, 0.15) is 21.9 Å². The van der Waals surface area contributed by atoms with Gasteiger partial charge in [-0.15, -0.1) is 0 Å². The second-order valence-electron chi connectivity index (χ2n) is 9.79. The van der Waals surface area contributed by atoms with E-state index in [1.165, 1.54) is 34.4 Å². The average molecular weight is 541 g/mol. The predicted octanol–water partition coefficient (Wildman–Crippen LogP) is 1.61. The number of thioether (sulfide) groups is 1. The third-order valence-corrected chi connectivity index (χ3v) is 8.40. The number of rotatable bonds is 10. The Morgan fingerprint density at radius 2 is 2.03 bits per heavy atom. The number of carbonyl (C=O) groups is 3. The topological polar surface area (TPSA) is 129 Å². The maximum atomic E-state index is 13.1. The van der Waals surface area contributed by atoms with Crippen LogP contribution in [0.1, 0.15) is 43.0 Å². The SMILES string of the molecule is CCN1C(=O)C(CNc2cccc(C(=O)NCCCN3CCCC3)c2)S/C1=C(/C#N)C(=O)N1CCC(O)C1. The third kappa shape index (κ3) is 6.67. The highest BCUT2D eigenvalue weighted by molar-refractivity contribution is 8.04. The van der Waals surface area contributed by atoms with Crippen LogP contribution in [-0.2, 0) is 9.59 Å². The van der Waals surface area contributed by atoms with Crippen molar-refractivity contribution >= 4 is 35.2 Å². The molecule has 2 unspecified atom stereocenters. The van der Waals surface area contributed by atoms with Crippen molar-refractivity contribution in [2.75, 3.05) is 57.7 Å². The summed E-state index contributed by atoms with van der Waals surface area (Å²) in [6.07, 6.45) is 3.32. The van der Waals surface area contributed by atoms with Gasteiger partial charge in [0, 0.05) is 44.0 Å². The van der Waals surface area contributed by atoms with E-state index in [1.807, 2.05) is 12.1 Å². The molecule has 3 aliphatic rings. The zero-order chi connectivity index (χ0) is 27.1. The zero-order valence-electron chi connectivity index (χ0n) is 21.8. The van der Waals surface area contributed by atoms with E-state index in [0.717, 1.165) is 26.1 Å². The summed E-state index contributed by atoms with van der Waals surface area (Å²) in [5, 5.41) is 25.6. The number of amides is 3. The second kappa shape index (κ2) is 13.1. The smallest absolute Gasteiger partial charge is 0.267 e. The molecule has 0 saturated carbocycles. The summed E-state index contributed by atoms with van der Waals surface area (Å²) in [6, 6.07) is 9.15. The van der Waals surface area contributed by atoms with Gasteiger partial charge in [-0.3, -0.25) is 14.4 Å². The number of hydrogen-bond donors (Lipinski definition) is 3. The van der Waals surface area contributed by atoms with Crippen LogP contribution in [-0.4, -0.2) is 101 Å². The first-order valence-electron chi connectivity index (χ1n) is 13.4. The largest absolute Gasteiger partial charge is 0.391 e. The number of nitriles is 1. The molecule has 0 bridgehead atoms.